The second-order valence-electron chi connectivity index (χ2n) is 8.22. The second kappa shape index (κ2) is 8.46. The predicted octanol–water partition coefficient (Wildman–Crippen LogP) is 4.95. The molecule has 2 aromatic rings. The number of hydrogen-bond donors (Lipinski definition) is 2. The number of nitrogens with one attached hydrogen (secondary N) is 2. The van der Waals surface area contributed by atoms with E-state index in [1.54, 1.807) is 6.92 Å². The fraction of sp³-hybridized carbons (Fsp3) is 0.364. The molecule has 0 bridgehead atoms. The summed E-state index contributed by atoms with van der Waals surface area (Å²) in [7, 11) is 0. The molecular weight excluding hydrogens is 488 g/mol. The van der Waals surface area contributed by atoms with Crippen molar-refractivity contribution in [2.75, 3.05) is 13.1 Å². The largest absolute Gasteiger partial charge is 0.435 e. The Bertz CT molecular complexity index is 1160. The number of amides is 1. The lowest BCUT2D eigenvalue weighted by molar-refractivity contribution is -0.276. The molecule has 1 saturated heterocycles. The minimum Gasteiger partial charge on any atom is -0.374 e. The Kier molecular flexibility index (Phi) is 6.05. The molecule has 34 heavy (non-hydrogen) atoms. The van der Waals surface area contributed by atoms with Crippen molar-refractivity contribution in [1.29, 1.82) is 0 Å². The number of nitrogens with zero attached hydrogens (tertiary/aromatic N) is 1. The van der Waals surface area contributed by atoms with Gasteiger partial charge in [0.1, 0.15) is 0 Å². The molecule has 2 N–H and O–H groups in total. The number of rotatable bonds is 4. The number of alkyl halides is 6. The zero-order valence-electron chi connectivity index (χ0n) is 17.6. The number of carbonyl (C=O) groups is 1. The highest BCUT2D eigenvalue weighted by atomic mass is 35.5. The van der Waals surface area contributed by atoms with Gasteiger partial charge in [-0.1, -0.05) is 22.8 Å². The van der Waals surface area contributed by atoms with E-state index in [2.05, 4.69) is 15.8 Å². The number of hydrogen-bond acceptors (Lipinski definition) is 4. The highest BCUT2D eigenvalue weighted by Gasteiger charge is 2.62. The summed E-state index contributed by atoms with van der Waals surface area (Å²) in [6.07, 6.45) is -10.9. The minimum atomic E-state index is -5.10. The number of carbonyl (C=O) groups excluding carboxylic acids is 1. The summed E-state index contributed by atoms with van der Waals surface area (Å²) in [6, 6.07) is 6.08. The average Bonchev–Trinajstić information content (AvgIpc) is 3.16. The molecule has 182 valence electrons. The Morgan fingerprint density at radius 1 is 1.15 bits per heavy atom. The van der Waals surface area contributed by atoms with Gasteiger partial charge in [0.25, 0.3) is 11.5 Å². The Hall–Kier alpha value is -2.79. The zero-order chi connectivity index (χ0) is 24.9. The van der Waals surface area contributed by atoms with Crippen LogP contribution in [0.2, 0.25) is 5.02 Å². The maximum Gasteiger partial charge on any atom is 0.435 e. The molecule has 2 heterocycles. The summed E-state index contributed by atoms with van der Waals surface area (Å²) < 4.78 is 82.2. The van der Waals surface area contributed by atoms with E-state index >= 15 is 0 Å². The molecule has 1 amide bonds. The standard InChI is InChI=1S/C22H18ClF6N3O2/c1-11-4-12(2-3-17(11)19(33)31-16-9-30-10-16)18-8-20(34-32-18,22(27,28)29)13-5-14(21(24,25)26)7-15(23)6-13/h2-7,16,30H,8-10H2,1H3,(H,31,33)/t20-/m0/s1. The third kappa shape index (κ3) is 4.46. The van der Waals surface area contributed by atoms with E-state index in [0.717, 1.165) is 6.07 Å². The molecule has 2 aliphatic heterocycles. The van der Waals surface area contributed by atoms with Crippen LogP contribution in [0.1, 0.15) is 39.0 Å². The Labute approximate surface area is 195 Å². The Morgan fingerprint density at radius 2 is 1.85 bits per heavy atom. The highest BCUT2D eigenvalue weighted by Crippen LogP contribution is 2.50. The van der Waals surface area contributed by atoms with Crippen LogP contribution >= 0.6 is 11.6 Å². The quantitative estimate of drug-likeness (QED) is 0.578. The summed E-state index contributed by atoms with van der Waals surface area (Å²) in [5.41, 5.74) is -4.30. The fourth-order valence-electron chi connectivity index (χ4n) is 3.80. The van der Waals surface area contributed by atoms with Crippen LogP contribution in [0.25, 0.3) is 0 Å². The molecule has 2 aromatic carbocycles. The van der Waals surface area contributed by atoms with Crippen LogP contribution in [0.3, 0.4) is 0 Å². The average molecular weight is 506 g/mol. The maximum absolute atomic E-state index is 14.2. The first-order chi connectivity index (χ1) is 15.8. The molecule has 0 aromatic heterocycles. The van der Waals surface area contributed by atoms with Gasteiger partial charge in [-0.05, 0) is 48.4 Å². The van der Waals surface area contributed by atoms with E-state index < -0.39 is 40.5 Å². The normalized spacial score (nSPS) is 21.0. The topological polar surface area (TPSA) is 62.7 Å². The van der Waals surface area contributed by atoms with Crippen molar-refractivity contribution in [2.24, 2.45) is 5.16 Å². The Balaban J connectivity index is 1.64. The van der Waals surface area contributed by atoms with E-state index in [0.29, 0.717) is 36.3 Å². The first-order valence-corrected chi connectivity index (χ1v) is 10.5. The van der Waals surface area contributed by atoms with Crippen molar-refractivity contribution in [3.8, 4) is 0 Å². The monoisotopic (exact) mass is 505 g/mol. The van der Waals surface area contributed by atoms with Crippen LogP contribution < -0.4 is 10.6 Å². The van der Waals surface area contributed by atoms with Gasteiger partial charge in [0.15, 0.2) is 0 Å². The summed E-state index contributed by atoms with van der Waals surface area (Å²) in [5, 5.41) is 8.91. The number of halogens is 7. The fourth-order valence-corrected chi connectivity index (χ4v) is 4.03. The van der Waals surface area contributed by atoms with Crippen LogP contribution in [0, 0.1) is 6.92 Å². The number of aryl methyl sites for hydroxylation is 1. The number of benzene rings is 2. The molecule has 12 heteroatoms. The molecule has 5 nitrogen and oxygen atoms in total. The molecular formula is C22H18ClF6N3O2. The van der Waals surface area contributed by atoms with Gasteiger partial charge >= 0.3 is 12.4 Å². The molecule has 4 rings (SSSR count). The van der Waals surface area contributed by atoms with Gasteiger partial charge in [-0.25, -0.2) is 0 Å². The second-order valence-corrected chi connectivity index (χ2v) is 8.65. The third-order valence-electron chi connectivity index (χ3n) is 5.80. The molecule has 0 aliphatic carbocycles. The first-order valence-electron chi connectivity index (χ1n) is 10.1. The van der Waals surface area contributed by atoms with Gasteiger partial charge < -0.3 is 15.5 Å². The van der Waals surface area contributed by atoms with Crippen LogP contribution in [0.5, 0.6) is 0 Å². The van der Waals surface area contributed by atoms with Gasteiger partial charge in [0.05, 0.1) is 17.3 Å². The van der Waals surface area contributed by atoms with Gasteiger partial charge in [0, 0.05) is 35.7 Å². The van der Waals surface area contributed by atoms with Crippen molar-refractivity contribution in [1.82, 2.24) is 10.6 Å². The first kappa shape index (κ1) is 24.3. The van der Waals surface area contributed by atoms with Crippen LogP contribution in [-0.4, -0.2) is 36.9 Å². The molecule has 0 radical (unpaired) electrons. The van der Waals surface area contributed by atoms with Crippen LogP contribution in [-0.2, 0) is 16.6 Å². The van der Waals surface area contributed by atoms with E-state index in [-0.39, 0.29) is 23.2 Å². The lowest BCUT2D eigenvalue weighted by Crippen LogP contribution is -2.57. The van der Waals surface area contributed by atoms with Crippen molar-refractivity contribution >= 4 is 23.2 Å². The molecule has 1 fully saturated rings. The maximum atomic E-state index is 14.2. The third-order valence-corrected chi connectivity index (χ3v) is 6.02. The summed E-state index contributed by atoms with van der Waals surface area (Å²) in [6.45, 7) is 2.92. The number of oxime groups is 1. The van der Waals surface area contributed by atoms with E-state index in [1.165, 1.54) is 18.2 Å². The molecule has 1 atom stereocenters. The molecule has 0 saturated carbocycles. The summed E-state index contributed by atoms with van der Waals surface area (Å²) in [5.74, 6) is -0.316. The van der Waals surface area contributed by atoms with E-state index in [4.69, 9.17) is 16.4 Å². The molecule has 2 aliphatic rings. The van der Waals surface area contributed by atoms with Crippen molar-refractivity contribution in [3.05, 3.63) is 69.2 Å². The zero-order valence-corrected chi connectivity index (χ0v) is 18.3. The van der Waals surface area contributed by atoms with Crippen LogP contribution in [0.4, 0.5) is 26.3 Å². The molecule has 0 unspecified atom stereocenters. The predicted molar refractivity (Wildman–Crippen MR) is 112 cm³/mol. The van der Waals surface area contributed by atoms with Gasteiger partial charge in [-0.2, -0.15) is 26.3 Å². The van der Waals surface area contributed by atoms with Gasteiger partial charge in [0.2, 0.25) is 0 Å². The molecule has 0 spiro atoms. The lowest BCUT2D eigenvalue weighted by atomic mass is 9.85. The van der Waals surface area contributed by atoms with Gasteiger partial charge in [-0.3, -0.25) is 4.79 Å². The highest BCUT2D eigenvalue weighted by molar-refractivity contribution is 6.30. The van der Waals surface area contributed by atoms with E-state index in [1.807, 2.05) is 0 Å². The SMILES string of the molecule is Cc1cc(C2=NO[C@@](c3cc(Cl)cc(C(F)(F)F)c3)(C(F)(F)F)C2)ccc1C(=O)NC1CNC1. The lowest BCUT2D eigenvalue weighted by Gasteiger charge is -2.30. The Morgan fingerprint density at radius 3 is 2.41 bits per heavy atom. The van der Waals surface area contributed by atoms with Gasteiger partial charge in [-0.15, -0.1) is 0 Å². The smallest absolute Gasteiger partial charge is 0.374 e. The summed E-state index contributed by atoms with van der Waals surface area (Å²) in [4.78, 5) is 17.2. The minimum absolute atomic E-state index is 0.00544. The van der Waals surface area contributed by atoms with Crippen molar-refractivity contribution in [2.45, 2.75) is 37.3 Å². The van der Waals surface area contributed by atoms with Crippen molar-refractivity contribution in [3.63, 3.8) is 0 Å². The van der Waals surface area contributed by atoms with Crippen molar-refractivity contribution < 1.29 is 36.0 Å². The van der Waals surface area contributed by atoms with E-state index in [9.17, 15) is 31.1 Å². The summed E-state index contributed by atoms with van der Waals surface area (Å²) >= 11 is 5.72. The van der Waals surface area contributed by atoms with Crippen LogP contribution in [0.15, 0.2) is 41.6 Å².